The average molecular weight is 357 g/mol. The van der Waals surface area contributed by atoms with E-state index in [-0.39, 0.29) is 12.6 Å². The lowest BCUT2D eigenvalue weighted by atomic mass is 9.93. The zero-order chi connectivity index (χ0) is 18.6. The van der Waals surface area contributed by atoms with Crippen molar-refractivity contribution in [3.8, 4) is 5.75 Å². The Bertz CT molecular complexity index is 702. The fourth-order valence-corrected chi connectivity index (χ4v) is 2.32. The summed E-state index contributed by atoms with van der Waals surface area (Å²) in [6, 6.07) is 0.396. The van der Waals surface area contributed by atoms with Crippen molar-refractivity contribution in [2.45, 2.75) is 32.2 Å². The van der Waals surface area contributed by atoms with Crippen LogP contribution in [-0.4, -0.2) is 37.7 Å². The molecule has 0 bridgehead atoms. The molecular weight excluding hydrogens is 339 g/mol. The summed E-state index contributed by atoms with van der Waals surface area (Å²) in [5.74, 6) is -8.95. The van der Waals surface area contributed by atoms with Crippen molar-refractivity contribution < 1.29 is 32.2 Å². The number of rotatable bonds is 7. The molecule has 0 saturated heterocycles. The third-order valence-electron chi connectivity index (χ3n) is 3.93. The predicted molar refractivity (Wildman–Crippen MR) is 83.5 cm³/mol. The molecule has 25 heavy (non-hydrogen) atoms. The molecule has 1 saturated carbocycles. The van der Waals surface area contributed by atoms with Crippen LogP contribution >= 0.6 is 0 Å². The molecule has 0 radical (unpaired) electrons. The number of Topliss-reactive ketones (excluding diaryl/α,β-unsaturated/α-hetero) is 1. The maximum atomic E-state index is 14.3. The second-order valence-electron chi connectivity index (χ2n) is 5.54. The number of aliphatic imine (C=N–C) groups is 1. The summed E-state index contributed by atoms with van der Waals surface area (Å²) in [5.41, 5.74) is -0.797. The van der Waals surface area contributed by atoms with E-state index in [4.69, 9.17) is 4.74 Å². The van der Waals surface area contributed by atoms with Crippen molar-refractivity contribution in [3.05, 3.63) is 29.1 Å². The van der Waals surface area contributed by atoms with E-state index < -0.39 is 46.4 Å². The third-order valence-corrected chi connectivity index (χ3v) is 3.93. The van der Waals surface area contributed by atoms with Crippen LogP contribution in [0.3, 0.4) is 0 Å². The largest absolute Gasteiger partial charge is 0.491 e. The number of ketones is 1. The van der Waals surface area contributed by atoms with Crippen LogP contribution < -0.4 is 4.74 Å². The van der Waals surface area contributed by atoms with Crippen molar-refractivity contribution in [1.29, 1.82) is 0 Å². The number of esters is 1. The average Bonchev–Trinajstić information content (AvgIpc) is 2.53. The minimum Gasteiger partial charge on any atom is -0.491 e. The molecule has 1 atom stereocenters. The Morgan fingerprint density at radius 3 is 2.52 bits per heavy atom. The number of nitrogens with zero attached hydrogens (tertiary/aromatic N) is 1. The Hall–Kier alpha value is -2.38. The monoisotopic (exact) mass is 357 g/mol. The molecule has 1 unspecified atom stereocenters. The van der Waals surface area contributed by atoms with Gasteiger partial charge in [0.05, 0.1) is 19.3 Å². The van der Waals surface area contributed by atoms with E-state index in [2.05, 4.69) is 9.73 Å². The van der Waals surface area contributed by atoms with Crippen LogP contribution in [0, 0.1) is 23.4 Å². The Kier molecular flexibility index (Phi) is 6.17. The molecule has 1 aliphatic carbocycles. The lowest BCUT2D eigenvalue weighted by Crippen LogP contribution is -2.30. The van der Waals surface area contributed by atoms with Gasteiger partial charge in [0.25, 0.3) is 0 Å². The first kappa shape index (κ1) is 19.0. The third kappa shape index (κ3) is 4.00. The fourth-order valence-electron chi connectivity index (χ4n) is 2.32. The standard InChI is InChI=1S/C17H18F3NO4/c1-3-25-17(23)11(8-21-9-5-4-6-9)15(22)10-7-12(18)14(20)16(24-2)13(10)19/h7-9,11H,3-6H2,1-2H3. The number of benzene rings is 1. The lowest BCUT2D eigenvalue weighted by molar-refractivity contribution is -0.143. The van der Waals surface area contributed by atoms with Crippen LogP contribution in [0.25, 0.3) is 0 Å². The molecule has 8 heteroatoms. The minimum atomic E-state index is -1.55. The molecule has 0 spiro atoms. The van der Waals surface area contributed by atoms with Gasteiger partial charge in [-0.15, -0.1) is 0 Å². The maximum absolute atomic E-state index is 14.3. The van der Waals surface area contributed by atoms with Crippen LogP contribution in [0.2, 0.25) is 0 Å². The number of hydrogen-bond donors (Lipinski definition) is 0. The molecule has 0 N–H and O–H groups in total. The summed E-state index contributed by atoms with van der Waals surface area (Å²) < 4.78 is 50.7. The quantitative estimate of drug-likeness (QED) is 0.247. The summed E-state index contributed by atoms with van der Waals surface area (Å²) >= 11 is 0. The Morgan fingerprint density at radius 2 is 2.00 bits per heavy atom. The van der Waals surface area contributed by atoms with E-state index in [1.807, 2.05) is 0 Å². The lowest BCUT2D eigenvalue weighted by Gasteiger charge is -2.21. The van der Waals surface area contributed by atoms with Crippen LogP contribution in [-0.2, 0) is 9.53 Å². The molecule has 5 nitrogen and oxygen atoms in total. The van der Waals surface area contributed by atoms with Crippen LogP contribution in [0.1, 0.15) is 36.5 Å². The van der Waals surface area contributed by atoms with E-state index in [9.17, 15) is 22.8 Å². The SMILES string of the molecule is CCOC(=O)C(C=NC1CCC1)C(=O)c1cc(F)c(F)c(OC)c1F. The second-order valence-corrected chi connectivity index (χ2v) is 5.54. The van der Waals surface area contributed by atoms with Crippen molar-refractivity contribution in [2.24, 2.45) is 10.9 Å². The number of methoxy groups -OCH3 is 1. The van der Waals surface area contributed by atoms with Gasteiger partial charge in [-0.05, 0) is 32.3 Å². The zero-order valence-electron chi connectivity index (χ0n) is 13.9. The molecule has 0 amide bonds. The van der Waals surface area contributed by atoms with E-state index in [0.717, 1.165) is 32.6 Å². The summed E-state index contributed by atoms with van der Waals surface area (Å²) in [6.07, 6.45) is 3.74. The van der Waals surface area contributed by atoms with Gasteiger partial charge in [0.1, 0.15) is 0 Å². The van der Waals surface area contributed by atoms with Gasteiger partial charge in [-0.2, -0.15) is 4.39 Å². The van der Waals surface area contributed by atoms with E-state index in [0.29, 0.717) is 6.07 Å². The topological polar surface area (TPSA) is 65.0 Å². The number of halogens is 3. The highest BCUT2D eigenvalue weighted by atomic mass is 19.2. The molecule has 2 rings (SSSR count). The number of carbonyl (C=O) groups is 2. The highest BCUT2D eigenvalue weighted by Gasteiger charge is 2.33. The number of carbonyl (C=O) groups excluding carboxylic acids is 2. The molecule has 136 valence electrons. The van der Waals surface area contributed by atoms with Crippen LogP contribution in [0.5, 0.6) is 5.75 Å². The Morgan fingerprint density at radius 1 is 1.32 bits per heavy atom. The first-order valence-electron chi connectivity index (χ1n) is 7.86. The molecule has 1 aromatic carbocycles. The predicted octanol–water partition coefficient (Wildman–Crippen LogP) is 3.10. The number of ether oxygens (including phenoxy) is 2. The van der Waals surface area contributed by atoms with Crippen LogP contribution in [0.15, 0.2) is 11.1 Å². The van der Waals surface area contributed by atoms with E-state index in [1.165, 1.54) is 0 Å². The molecule has 1 fully saturated rings. The molecule has 0 heterocycles. The van der Waals surface area contributed by atoms with Crippen molar-refractivity contribution in [3.63, 3.8) is 0 Å². The molecule has 0 aromatic heterocycles. The highest BCUT2D eigenvalue weighted by molar-refractivity contribution is 6.18. The van der Waals surface area contributed by atoms with Gasteiger partial charge in [-0.1, -0.05) is 0 Å². The number of hydrogen-bond acceptors (Lipinski definition) is 5. The van der Waals surface area contributed by atoms with Gasteiger partial charge in [-0.25, -0.2) is 8.78 Å². The van der Waals surface area contributed by atoms with E-state index in [1.54, 1.807) is 6.92 Å². The summed E-state index contributed by atoms with van der Waals surface area (Å²) in [4.78, 5) is 28.7. The summed E-state index contributed by atoms with van der Waals surface area (Å²) in [5, 5.41) is 0. The Balaban J connectivity index is 2.39. The molecular formula is C17H18F3NO4. The smallest absolute Gasteiger partial charge is 0.322 e. The summed E-state index contributed by atoms with van der Waals surface area (Å²) in [6.45, 7) is 1.55. The fraction of sp³-hybridized carbons (Fsp3) is 0.471. The van der Waals surface area contributed by atoms with Gasteiger partial charge >= 0.3 is 5.97 Å². The molecule has 0 aliphatic heterocycles. The zero-order valence-corrected chi connectivity index (χ0v) is 13.9. The maximum Gasteiger partial charge on any atom is 0.322 e. The Labute approximate surface area is 142 Å². The van der Waals surface area contributed by atoms with Gasteiger partial charge in [0.15, 0.2) is 29.1 Å². The second kappa shape index (κ2) is 8.13. The van der Waals surface area contributed by atoms with E-state index >= 15 is 0 Å². The van der Waals surface area contributed by atoms with Crippen molar-refractivity contribution >= 4 is 18.0 Å². The van der Waals surface area contributed by atoms with Crippen molar-refractivity contribution in [2.75, 3.05) is 13.7 Å². The molecule has 1 aromatic rings. The first-order valence-corrected chi connectivity index (χ1v) is 7.86. The normalized spacial score (nSPS) is 15.7. The minimum absolute atomic E-state index is 0.00344. The molecule has 1 aliphatic rings. The van der Waals surface area contributed by atoms with Gasteiger partial charge < -0.3 is 9.47 Å². The first-order chi connectivity index (χ1) is 11.9. The van der Waals surface area contributed by atoms with Crippen LogP contribution in [0.4, 0.5) is 13.2 Å². The van der Waals surface area contributed by atoms with Gasteiger partial charge in [0, 0.05) is 12.3 Å². The van der Waals surface area contributed by atoms with Gasteiger partial charge in [-0.3, -0.25) is 14.6 Å². The van der Waals surface area contributed by atoms with Gasteiger partial charge in [0.2, 0.25) is 5.82 Å². The summed E-state index contributed by atoms with van der Waals surface area (Å²) in [7, 11) is 0.941. The van der Waals surface area contributed by atoms with Crippen molar-refractivity contribution in [1.82, 2.24) is 0 Å². The highest BCUT2D eigenvalue weighted by Crippen LogP contribution is 2.29.